The van der Waals surface area contributed by atoms with Gasteiger partial charge in [0, 0.05) is 62.3 Å². The van der Waals surface area contributed by atoms with Crippen molar-refractivity contribution in [2.24, 2.45) is 17.4 Å². The number of amides is 1. The average molecular weight is 485 g/mol. The smallest absolute Gasteiger partial charge is 0.228 e. The number of piperidine rings is 1. The van der Waals surface area contributed by atoms with E-state index in [0.29, 0.717) is 13.1 Å². The molecule has 2 saturated heterocycles. The standard InChI is InChI=1S/C24H36N8OS/c1-16-14-32-21(28-23(16)30-9-7-18(26)15-30)11-19(29-32)20-5-2-3-8-31(20)24(33)17(12-25)13-27-22-6-4-10-34-22/h4,6,11,14,17-18,20,22,27H,2-3,5,7-10,12-13,15,25-26H2,1H3/t17?,18-,20-,22?/m0/s1. The molecule has 9 nitrogen and oxygen atoms in total. The molecule has 0 spiro atoms. The molecule has 2 aromatic rings. The number of hydrogen-bond acceptors (Lipinski definition) is 8. The first-order valence-electron chi connectivity index (χ1n) is 12.4. The number of nitrogens with zero attached hydrogens (tertiary/aromatic N) is 5. The minimum Gasteiger partial charge on any atom is -0.355 e. The molecule has 5 heterocycles. The van der Waals surface area contributed by atoms with E-state index in [0.717, 1.165) is 73.8 Å². The first-order valence-corrected chi connectivity index (χ1v) is 13.5. The molecule has 1 amide bonds. The largest absolute Gasteiger partial charge is 0.355 e. The topological polar surface area (TPSA) is 118 Å². The van der Waals surface area contributed by atoms with Gasteiger partial charge < -0.3 is 26.6 Å². The van der Waals surface area contributed by atoms with Gasteiger partial charge in [-0.05, 0) is 32.6 Å². The van der Waals surface area contributed by atoms with Gasteiger partial charge in [-0.3, -0.25) is 4.79 Å². The Bertz CT molecular complexity index is 1060. The molecule has 0 radical (unpaired) electrons. The number of nitrogens with one attached hydrogen (secondary N) is 1. The number of nitrogens with two attached hydrogens (primary N) is 2. The Hall–Kier alpha value is -2.14. The van der Waals surface area contributed by atoms with Crippen LogP contribution >= 0.6 is 11.8 Å². The van der Waals surface area contributed by atoms with Crippen LogP contribution in [0.15, 0.2) is 24.4 Å². The number of anilines is 1. The molecule has 0 aromatic carbocycles. The summed E-state index contributed by atoms with van der Waals surface area (Å²) in [5, 5.41) is 8.61. The summed E-state index contributed by atoms with van der Waals surface area (Å²) < 4.78 is 1.85. The van der Waals surface area contributed by atoms with E-state index in [2.05, 4.69) is 29.3 Å². The van der Waals surface area contributed by atoms with E-state index < -0.39 is 0 Å². The predicted molar refractivity (Wildman–Crippen MR) is 137 cm³/mol. The zero-order valence-electron chi connectivity index (χ0n) is 19.9. The van der Waals surface area contributed by atoms with E-state index >= 15 is 0 Å². The Morgan fingerprint density at radius 2 is 2.21 bits per heavy atom. The van der Waals surface area contributed by atoms with Gasteiger partial charge >= 0.3 is 0 Å². The molecule has 34 heavy (non-hydrogen) atoms. The molecule has 0 saturated carbocycles. The van der Waals surface area contributed by atoms with Crippen molar-refractivity contribution < 1.29 is 4.79 Å². The van der Waals surface area contributed by atoms with Crippen molar-refractivity contribution in [1.82, 2.24) is 24.8 Å². The number of carbonyl (C=O) groups excluding carboxylic acids is 1. The number of rotatable bonds is 7. The van der Waals surface area contributed by atoms with E-state index in [1.807, 2.05) is 33.4 Å². The fourth-order valence-corrected chi connectivity index (χ4v) is 6.14. The minimum absolute atomic E-state index is 0.0401. The fraction of sp³-hybridized carbons (Fsp3) is 0.625. The minimum atomic E-state index is -0.237. The summed E-state index contributed by atoms with van der Waals surface area (Å²) in [6.45, 7) is 5.51. The van der Waals surface area contributed by atoms with Gasteiger partial charge in [-0.1, -0.05) is 12.2 Å². The van der Waals surface area contributed by atoms with E-state index in [1.165, 1.54) is 0 Å². The van der Waals surface area contributed by atoms with Crippen LogP contribution in [0, 0.1) is 12.8 Å². The summed E-state index contributed by atoms with van der Waals surface area (Å²) in [5.74, 6) is 1.88. The van der Waals surface area contributed by atoms with Crippen LogP contribution in [-0.2, 0) is 4.79 Å². The number of aryl methyl sites for hydroxylation is 1. The highest BCUT2D eigenvalue weighted by Gasteiger charge is 2.34. The van der Waals surface area contributed by atoms with Crippen molar-refractivity contribution in [2.75, 3.05) is 43.4 Å². The molecule has 2 unspecified atom stereocenters. The molecule has 3 aliphatic rings. The van der Waals surface area contributed by atoms with Gasteiger partial charge in [0.05, 0.1) is 23.0 Å². The third-order valence-corrected chi connectivity index (χ3v) is 8.23. The fourth-order valence-electron chi connectivity index (χ4n) is 5.27. The summed E-state index contributed by atoms with van der Waals surface area (Å²) in [5.41, 5.74) is 15.0. The van der Waals surface area contributed by atoms with E-state index in [9.17, 15) is 4.79 Å². The van der Waals surface area contributed by atoms with Gasteiger partial charge in [-0.2, -0.15) is 5.10 Å². The van der Waals surface area contributed by atoms with E-state index in [4.69, 9.17) is 21.5 Å². The summed E-state index contributed by atoms with van der Waals surface area (Å²) in [4.78, 5) is 22.8. The maximum atomic E-state index is 13.6. The second-order valence-corrected chi connectivity index (χ2v) is 10.9. The Kier molecular flexibility index (Phi) is 7.10. The molecular formula is C24H36N8OS. The Morgan fingerprint density at radius 3 is 2.94 bits per heavy atom. The Labute approximate surface area is 205 Å². The lowest BCUT2D eigenvalue weighted by Gasteiger charge is -2.37. The highest BCUT2D eigenvalue weighted by atomic mass is 32.2. The zero-order chi connectivity index (χ0) is 23.7. The van der Waals surface area contributed by atoms with Gasteiger partial charge in [-0.25, -0.2) is 9.50 Å². The predicted octanol–water partition coefficient (Wildman–Crippen LogP) is 1.42. The monoisotopic (exact) mass is 484 g/mol. The molecule has 10 heteroatoms. The highest BCUT2D eigenvalue weighted by molar-refractivity contribution is 8.00. The Morgan fingerprint density at radius 1 is 1.32 bits per heavy atom. The molecular weight excluding hydrogens is 448 g/mol. The number of likely N-dealkylation sites (tertiary alicyclic amines) is 1. The van der Waals surface area contributed by atoms with Crippen LogP contribution < -0.4 is 21.7 Å². The molecule has 3 aliphatic heterocycles. The van der Waals surface area contributed by atoms with Crippen molar-refractivity contribution in [1.29, 1.82) is 0 Å². The quantitative estimate of drug-likeness (QED) is 0.505. The van der Waals surface area contributed by atoms with Gasteiger partial charge in [0.15, 0.2) is 5.65 Å². The van der Waals surface area contributed by atoms with Crippen LogP contribution in [0.1, 0.15) is 43.0 Å². The van der Waals surface area contributed by atoms with Gasteiger partial charge in [0.1, 0.15) is 5.82 Å². The second-order valence-electron chi connectivity index (χ2n) is 9.68. The van der Waals surface area contributed by atoms with Gasteiger partial charge in [0.2, 0.25) is 5.91 Å². The van der Waals surface area contributed by atoms with E-state index in [-0.39, 0.29) is 29.3 Å². The molecule has 0 aliphatic carbocycles. The summed E-state index contributed by atoms with van der Waals surface area (Å²) >= 11 is 1.84. The number of fused-ring (bicyclic) bond motifs is 1. The molecule has 0 bridgehead atoms. The lowest BCUT2D eigenvalue weighted by Crippen LogP contribution is -2.47. The maximum absolute atomic E-state index is 13.6. The molecule has 5 rings (SSSR count). The molecule has 2 fully saturated rings. The third-order valence-electron chi connectivity index (χ3n) is 7.16. The van der Waals surface area contributed by atoms with Crippen molar-refractivity contribution in [3.05, 3.63) is 35.7 Å². The van der Waals surface area contributed by atoms with Crippen LogP contribution in [0.5, 0.6) is 0 Å². The molecule has 184 valence electrons. The second kappa shape index (κ2) is 10.2. The van der Waals surface area contributed by atoms with Crippen LogP contribution in [0.4, 0.5) is 5.82 Å². The Balaban J connectivity index is 1.35. The highest BCUT2D eigenvalue weighted by Crippen LogP contribution is 2.32. The SMILES string of the molecule is Cc1cn2nc([C@@H]3CCCCN3C(=O)C(CN)CNC3C=CCS3)cc2nc1N1CC[C@H](N)C1. The summed E-state index contributed by atoms with van der Waals surface area (Å²) in [7, 11) is 0. The molecule has 2 aromatic heterocycles. The lowest BCUT2D eigenvalue weighted by molar-refractivity contribution is -0.139. The number of hydrogen-bond donors (Lipinski definition) is 3. The first-order chi connectivity index (χ1) is 16.5. The number of carbonyl (C=O) groups is 1. The third kappa shape index (κ3) is 4.82. The van der Waals surface area contributed by atoms with Crippen LogP contribution in [0.25, 0.3) is 5.65 Å². The average Bonchev–Trinajstić information content (AvgIpc) is 3.60. The lowest BCUT2D eigenvalue weighted by atomic mass is 9.96. The number of thioether (sulfide) groups is 1. The summed E-state index contributed by atoms with van der Waals surface area (Å²) in [6, 6.07) is 2.21. The number of aromatic nitrogens is 3. The van der Waals surface area contributed by atoms with Crippen molar-refractivity contribution in [2.45, 2.75) is 50.1 Å². The van der Waals surface area contributed by atoms with Crippen LogP contribution in [-0.4, -0.2) is 75.3 Å². The van der Waals surface area contributed by atoms with Crippen LogP contribution in [0.2, 0.25) is 0 Å². The molecule has 4 atom stereocenters. The van der Waals surface area contributed by atoms with Crippen LogP contribution in [0.3, 0.4) is 0 Å². The maximum Gasteiger partial charge on any atom is 0.228 e. The first kappa shape index (κ1) is 23.6. The van der Waals surface area contributed by atoms with Crippen molar-refractivity contribution >= 4 is 29.1 Å². The summed E-state index contributed by atoms with van der Waals surface area (Å²) in [6.07, 6.45) is 10.3. The molecule has 5 N–H and O–H groups in total. The van der Waals surface area contributed by atoms with Crippen molar-refractivity contribution in [3.63, 3.8) is 0 Å². The normalized spacial score (nSPS) is 26.0. The van der Waals surface area contributed by atoms with Gasteiger partial charge in [-0.15, -0.1) is 11.8 Å². The van der Waals surface area contributed by atoms with Gasteiger partial charge in [0.25, 0.3) is 0 Å². The zero-order valence-corrected chi connectivity index (χ0v) is 20.7. The van der Waals surface area contributed by atoms with Crippen molar-refractivity contribution in [3.8, 4) is 0 Å². The van der Waals surface area contributed by atoms with E-state index in [1.54, 1.807) is 0 Å².